The Balaban J connectivity index is 1.27. The van der Waals surface area contributed by atoms with Gasteiger partial charge in [-0.3, -0.25) is 4.79 Å². The highest BCUT2D eigenvalue weighted by molar-refractivity contribution is 7.99. The average molecular weight is 426 g/mol. The van der Waals surface area contributed by atoms with E-state index in [1.807, 2.05) is 48.5 Å². The lowest BCUT2D eigenvalue weighted by Gasteiger charge is -2.13. The summed E-state index contributed by atoms with van der Waals surface area (Å²) in [5, 5.41) is 15.3. The zero-order valence-electron chi connectivity index (χ0n) is 16.7. The summed E-state index contributed by atoms with van der Waals surface area (Å²) in [5.74, 6) is 1.49. The molecule has 8 nitrogen and oxygen atoms in total. The number of tetrazole rings is 1. The molecule has 3 aromatic rings. The van der Waals surface area contributed by atoms with Gasteiger partial charge in [-0.1, -0.05) is 48.2 Å². The molecule has 0 saturated heterocycles. The van der Waals surface area contributed by atoms with Crippen LogP contribution in [0.5, 0.6) is 11.5 Å². The molecule has 0 bridgehead atoms. The minimum Gasteiger partial charge on any atom is -0.493 e. The second-order valence-electron chi connectivity index (χ2n) is 6.96. The fraction of sp³-hybridized carbons (Fsp3) is 0.333. The van der Waals surface area contributed by atoms with Crippen molar-refractivity contribution in [2.45, 2.75) is 37.2 Å². The highest BCUT2D eigenvalue weighted by Crippen LogP contribution is 2.36. The number of hydrogen-bond acceptors (Lipinski definition) is 7. The first-order valence-corrected chi connectivity index (χ1v) is 10.7. The first-order chi connectivity index (χ1) is 14.7. The topological polar surface area (TPSA) is 91.2 Å². The van der Waals surface area contributed by atoms with Gasteiger partial charge in [-0.25, -0.2) is 4.68 Å². The molecule has 4 rings (SSSR count). The van der Waals surface area contributed by atoms with Crippen molar-refractivity contribution in [1.29, 1.82) is 0 Å². The maximum absolute atomic E-state index is 12.2. The largest absolute Gasteiger partial charge is 0.493 e. The average Bonchev–Trinajstić information content (AvgIpc) is 3.53. The van der Waals surface area contributed by atoms with E-state index in [9.17, 15) is 4.79 Å². The summed E-state index contributed by atoms with van der Waals surface area (Å²) in [6.45, 7) is 0.868. The standard InChI is InChI=1S/C21H23N5O3S/c1-28-19-11-16(7-10-18(19)29-13-15-5-3-2-4-6-15)12-22-20(27)14-30-21-23-24-25-26(21)17-8-9-17/h2-7,10-11,17H,8-9,12-14H2,1H3,(H,22,27). The SMILES string of the molecule is COc1cc(CNC(=O)CSc2nnnn2C2CC2)ccc1OCc1ccccc1. The van der Waals surface area contributed by atoms with Crippen LogP contribution < -0.4 is 14.8 Å². The van der Waals surface area contributed by atoms with Gasteiger partial charge in [0.15, 0.2) is 11.5 Å². The van der Waals surface area contributed by atoms with Gasteiger partial charge >= 0.3 is 0 Å². The van der Waals surface area contributed by atoms with Crippen LogP contribution in [-0.2, 0) is 17.9 Å². The normalized spacial score (nSPS) is 13.1. The molecule has 1 aliphatic carbocycles. The van der Waals surface area contributed by atoms with Gasteiger partial charge < -0.3 is 14.8 Å². The predicted octanol–water partition coefficient (Wildman–Crippen LogP) is 3.00. The Morgan fingerprint density at radius 3 is 2.77 bits per heavy atom. The lowest BCUT2D eigenvalue weighted by Crippen LogP contribution is -2.24. The Kier molecular flexibility index (Phi) is 6.48. The van der Waals surface area contributed by atoms with Gasteiger partial charge in [-0.2, -0.15) is 0 Å². The van der Waals surface area contributed by atoms with Gasteiger partial charge in [0.1, 0.15) is 6.61 Å². The highest BCUT2D eigenvalue weighted by Gasteiger charge is 2.28. The van der Waals surface area contributed by atoms with E-state index in [-0.39, 0.29) is 11.7 Å². The van der Waals surface area contributed by atoms with E-state index in [4.69, 9.17) is 9.47 Å². The van der Waals surface area contributed by atoms with Crippen molar-refractivity contribution in [2.24, 2.45) is 0 Å². The molecule has 1 amide bonds. The van der Waals surface area contributed by atoms with E-state index in [1.54, 1.807) is 11.8 Å². The van der Waals surface area contributed by atoms with E-state index in [0.717, 1.165) is 24.0 Å². The number of rotatable bonds is 10. The van der Waals surface area contributed by atoms with Crippen LogP contribution in [0.1, 0.15) is 30.0 Å². The molecule has 1 aromatic heterocycles. The molecule has 0 unspecified atom stereocenters. The number of amides is 1. The molecular formula is C21H23N5O3S. The van der Waals surface area contributed by atoms with Crippen molar-refractivity contribution in [3.63, 3.8) is 0 Å². The summed E-state index contributed by atoms with van der Waals surface area (Å²) >= 11 is 1.35. The molecule has 1 aliphatic rings. The number of thioether (sulfide) groups is 1. The first-order valence-electron chi connectivity index (χ1n) is 9.74. The van der Waals surface area contributed by atoms with Crippen LogP contribution >= 0.6 is 11.8 Å². The van der Waals surface area contributed by atoms with Gasteiger partial charge in [0, 0.05) is 6.54 Å². The van der Waals surface area contributed by atoms with E-state index in [0.29, 0.717) is 35.8 Å². The van der Waals surface area contributed by atoms with Crippen molar-refractivity contribution in [1.82, 2.24) is 25.5 Å². The number of methoxy groups -OCH3 is 1. The first kappa shape index (κ1) is 20.2. The maximum atomic E-state index is 12.2. The van der Waals surface area contributed by atoms with Gasteiger partial charge in [-0.15, -0.1) is 5.10 Å². The van der Waals surface area contributed by atoms with Crippen LogP contribution in [0.2, 0.25) is 0 Å². The molecule has 30 heavy (non-hydrogen) atoms. The number of benzene rings is 2. The molecular weight excluding hydrogens is 402 g/mol. The number of ether oxygens (including phenoxy) is 2. The fourth-order valence-corrected chi connectivity index (χ4v) is 3.66. The Morgan fingerprint density at radius 1 is 1.17 bits per heavy atom. The number of hydrogen-bond donors (Lipinski definition) is 1. The quantitative estimate of drug-likeness (QED) is 0.499. The van der Waals surface area contributed by atoms with Gasteiger partial charge in [0.2, 0.25) is 11.1 Å². The van der Waals surface area contributed by atoms with Crippen molar-refractivity contribution in [3.8, 4) is 11.5 Å². The van der Waals surface area contributed by atoms with Crippen LogP contribution in [0.15, 0.2) is 53.7 Å². The Bertz CT molecular complexity index is 991. The number of nitrogens with one attached hydrogen (secondary N) is 1. The molecule has 0 spiro atoms. The molecule has 1 N–H and O–H groups in total. The van der Waals surface area contributed by atoms with E-state index < -0.39 is 0 Å². The second-order valence-corrected chi connectivity index (χ2v) is 7.90. The lowest BCUT2D eigenvalue weighted by molar-refractivity contribution is -0.118. The van der Waals surface area contributed by atoms with Crippen LogP contribution in [0.25, 0.3) is 0 Å². The fourth-order valence-electron chi connectivity index (χ4n) is 2.89. The van der Waals surface area contributed by atoms with E-state index in [1.165, 1.54) is 11.8 Å². The van der Waals surface area contributed by atoms with E-state index >= 15 is 0 Å². The third-order valence-electron chi connectivity index (χ3n) is 4.64. The third-order valence-corrected chi connectivity index (χ3v) is 5.58. The van der Waals surface area contributed by atoms with Crippen molar-refractivity contribution in [3.05, 3.63) is 59.7 Å². The minimum atomic E-state index is -0.0753. The summed E-state index contributed by atoms with van der Waals surface area (Å²) in [6, 6.07) is 16.0. The predicted molar refractivity (Wildman–Crippen MR) is 112 cm³/mol. The highest BCUT2D eigenvalue weighted by atomic mass is 32.2. The van der Waals surface area contributed by atoms with Gasteiger partial charge in [-0.05, 0) is 46.5 Å². The van der Waals surface area contributed by atoms with Gasteiger partial charge in [0.05, 0.1) is 18.9 Å². The molecule has 0 aliphatic heterocycles. The molecule has 156 valence electrons. The molecule has 1 saturated carbocycles. The number of nitrogens with zero attached hydrogens (tertiary/aromatic N) is 4. The number of carbonyl (C=O) groups is 1. The van der Waals surface area contributed by atoms with Crippen LogP contribution in [0.4, 0.5) is 0 Å². The summed E-state index contributed by atoms with van der Waals surface area (Å²) < 4.78 is 13.1. The van der Waals surface area contributed by atoms with Crippen molar-refractivity contribution in [2.75, 3.05) is 12.9 Å². The summed E-state index contributed by atoms with van der Waals surface area (Å²) in [7, 11) is 1.60. The molecule has 1 heterocycles. The van der Waals surface area contributed by atoms with Gasteiger partial charge in [0.25, 0.3) is 0 Å². The minimum absolute atomic E-state index is 0.0753. The summed E-state index contributed by atoms with van der Waals surface area (Å²) in [6.07, 6.45) is 2.19. The maximum Gasteiger partial charge on any atom is 0.230 e. The molecule has 2 aromatic carbocycles. The van der Waals surface area contributed by atoms with E-state index in [2.05, 4.69) is 20.8 Å². The molecule has 0 atom stereocenters. The zero-order chi connectivity index (χ0) is 20.8. The Hall–Kier alpha value is -3.07. The Labute approximate surface area is 179 Å². The molecule has 1 fully saturated rings. The monoisotopic (exact) mass is 425 g/mol. The summed E-state index contributed by atoms with van der Waals surface area (Å²) in [5.41, 5.74) is 2.01. The van der Waals surface area contributed by atoms with Crippen LogP contribution in [0.3, 0.4) is 0 Å². The van der Waals surface area contributed by atoms with Crippen molar-refractivity contribution < 1.29 is 14.3 Å². The lowest BCUT2D eigenvalue weighted by atomic mass is 10.2. The zero-order valence-corrected chi connectivity index (χ0v) is 17.5. The molecule has 0 radical (unpaired) electrons. The number of carbonyl (C=O) groups excluding carboxylic acids is 1. The summed E-state index contributed by atoms with van der Waals surface area (Å²) in [4.78, 5) is 12.2. The third kappa shape index (κ3) is 5.29. The second kappa shape index (κ2) is 9.62. The molecule has 9 heteroatoms. The Morgan fingerprint density at radius 2 is 2.00 bits per heavy atom. The van der Waals surface area contributed by atoms with Crippen molar-refractivity contribution >= 4 is 17.7 Å². The number of aromatic nitrogens is 4. The smallest absolute Gasteiger partial charge is 0.230 e. The van der Waals surface area contributed by atoms with Crippen LogP contribution in [-0.4, -0.2) is 39.0 Å². The van der Waals surface area contributed by atoms with Crippen LogP contribution in [0, 0.1) is 0 Å².